The number of amides is 2. The Labute approximate surface area is 197 Å². The zero-order valence-corrected chi connectivity index (χ0v) is 19.1. The van der Waals surface area contributed by atoms with Crippen LogP contribution in [0.5, 0.6) is 0 Å². The topological polar surface area (TPSA) is 95.6 Å². The molecule has 0 spiro atoms. The van der Waals surface area contributed by atoms with E-state index in [1.165, 1.54) is 29.2 Å². The van der Waals surface area contributed by atoms with Crippen LogP contribution in [-0.4, -0.2) is 26.8 Å². The van der Waals surface area contributed by atoms with Gasteiger partial charge in [0, 0.05) is 16.6 Å². The minimum Gasteiger partial charge on any atom is -0.325 e. The Bertz CT molecular complexity index is 1540. The van der Waals surface area contributed by atoms with Gasteiger partial charge in [-0.3, -0.25) is 19.2 Å². The van der Waals surface area contributed by atoms with Gasteiger partial charge in [0.05, 0.1) is 16.3 Å². The van der Waals surface area contributed by atoms with Crippen LogP contribution < -0.4 is 14.9 Å². The zero-order valence-electron chi connectivity index (χ0n) is 18.3. The van der Waals surface area contributed by atoms with Crippen LogP contribution >= 0.6 is 0 Å². The van der Waals surface area contributed by atoms with Crippen LogP contribution in [0.3, 0.4) is 0 Å². The summed E-state index contributed by atoms with van der Waals surface area (Å²) in [7, 11) is -3.78. The second-order valence-electron chi connectivity index (χ2n) is 8.07. The lowest BCUT2D eigenvalue weighted by Crippen LogP contribution is -2.35. The Hall–Kier alpha value is -4.17. The number of carbonyl (C=O) groups excluding carboxylic acids is 2. The molecule has 2 amide bonds. The van der Waals surface area contributed by atoms with Gasteiger partial charge in [-0.25, -0.2) is 8.42 Å². The Morgan fingerprint density at radius 3 is 2.32 bits per heavy atom. The molecule has 0 saturated carbocycles. The number of para-hydroxylation sites is 1. The van der Waals surface area contributed by atoms with Crippen LogP contribution in [0, 0.1) is 6.92 Å². The van der Waals surface area contributed by atoms with E-state index >= 15 is 0 Å². The summed E-state index contributed by atoms with van der Waals surface area (Å²) in [6, 6.07) is 24.1. The van der Waals surface area contributed by atoms with Crippen molar-refractivity contribution < 1.29 is 18.0 Å². The molecule has 0 saturated heterocycles. The Balaban J connectivity index is 1.29. The molecule has 0 fully saturated rings. The molecule has 1 aliphatic heterocycles. The molecule has 0 aromatic heterocycles. The molecule has 2 N–H and O–H groups in total. The molecule has 1 heterocycles. The van der Waals surface area contributed by atoms with Gasteiger partial charge in [0.2, 0.25) is 5.91 Å². The normalized spacial score (nSPS) is 12.7. The molecule has 0 radical (unpaired) electrons. The largest absolute Gasteiger partial charge is 0.325 e. The molecule has 7 nitrogen and oxygen atoms in total. The van der Waals surface area contributed by atoms with E-state index in [0.717, 1.165) is 16.3 Å². The number of sulfonamides is 1. The predicted octanol–water partition coefficient (Wildman–Crippen LogP) is 4.55. The summed E-state index contributed by atoms with van der Waals surface area (Å²) in [6.07, 6.45) is 0. The molecule has 170 valence electrons. The van der Waals surface area contributed by atoms with Crippen molar-refractivity contribution in [1.82, 2.24) is 0 Å². The van der Waals surface area contributed by atoms with Gasteiger partial charge < -0.3 is 5.32 Å². The number of benzene rings is 4. The third-order valence-corrected chi connectivity index (χ3v) is 7.17. The minimum absolute atomic E-state index is 0.0746. The van der Waals surface area contributed by atoms with Crippen LogP contribution in [0.2, 0.25) is 0 Å². The van der Waals surface area contributed by atoms with E-state index in [0.29, 0.717) is 22.6 Å². The minimum atomic E-state index is -3.78. The van der Waals surface area contributed by atoms with Crippen LogP contribution in [0.4, 0.5) is 17.1 Å². The fraction of sp³-hybridized carbons (Fsp3) is 0.0769. The van der Waals surface area contributed by atoms with Crippen molar-refractivity contribution in [3.05, 3.63) is 96.1 Å². The van der Waals surface area contributed by atoms with E-state index in [9.17, 15) is 18.0 Å². The predicted molar refractivity (Wildman–Crippen MR) is 133 cm³/mol. The van der Waals surface area contributed by atoms with Crippen molar-refractivity contribution in [2.75, 3.05) is 21.5 Å². The third kappa shape index (κ3) is 3.88. The van der Waals surface area contributed by atoms with Crippen molar-refractivity contribution in [3.8, 4) is 0 Å². The van der Waals surface area contributed by atoms with Gasteiger partial charge in [-0.1, -0.05) is 42.5 Å². The smallest absolute Gasteiger partial charge is 0.261 e. The fourth-order valence-corrected chi connectivity index (χ4v) is 5.22. The van der Waals surface area contributed by atoms with Crippen molar-refractivity contribution in [1.29, 1.82) is 0 Å². The molecule has 0 bridgehead atoms. The fourth-order valence-electron chi connectivity index (χ4n) is 4.09. The van der Waals surface area contributed by atoms with E-state index < -0.39 is 10.0 Å². The molecule has 0 atom stereocenters. The molecule has 0 aliphatic carbocycles. The second-order valence-corrected chi connectivity index (χ2v) is 9.75. The summed E-state index contributed by atoms with van der Waals surface area (Å²) in [5.74, 6) is -0.600. The molecule has 4 aromatic rings. The van der Waals surface area contributed by atoms with Gasteiger partial charge >= 0.3 is 0 Å². The molecule has 1 aliphatic rings. The Morgan fingerprint density at radius 1 is 0.882 bits per heavy atom. The van der Waals surface area contributed by atoms with Crippen molar-refractivity contribution in [3.63, 3.8) is 0 Å². The maximum absolute atomic E-state index is 12.9. The number of hydrogen-bond donors (Lipinski definition) is 2. The van der Waals surface area contributed by atoms with Gasteiger partial charge in [-0.15, -0.1) is 0 Å². The van der Waals surface area contributed by atoms with E-state index in [-0.39, 0.29) is 23.3 Å². The quantitative estimate of drug-likeness (QED) is 0.431. The molecule has 8 heteroatoms. The first kappa shape index (κ1) is 21.7. The summed E-state index contributed by atoms with van der Waals surface area (Å²) >= 11 is 0. The van der Waals surface area contributed by atoms with Crippen LogP contribution in [-0.2, 0) is 14.8 Å². The van der Waals surface area contributed by atoms with Crippen molar-refractivity contribution >= 4 is 49.7 Å². The Kier molecular flexibility index (Phi) is 5.30. The summed E-state index contributed by atoms with van der Waals surface area (Å²) in [6.45, 7) is 1.67. The van der Waals surface area contributed by atoms with Gasteiger partial charge in [-0.2, -0.15) is 0 Å². The molecule has 34 heavy (non-hydrogen) atoms. The van der Waals surface area contributed by atoms with E-state index in [2.05, 4.69) is 10.0 Å². The first-order valence-corrected chi connectivity index (χ1v) is 12.1. The van der Waals surface area contributed by atoms with E-state index in [4.69, 9.17) is 0 Å². The van der Waals surface area contributed by atoms with Gasteiger partial charge in [0.15, 0.2) is 0 Å². The second kappa shape index (κ2) is 8.31. The highest BCUT2D eigenvalue weighted by Crippen LogP contribution is 2.37. The maximum atomic E-state index is 12.9. The lowest BCUT2D eigenvalue weighted by Gasteiger charge is -2.17. The number of carbonyl (C=O) groups is 2. The van der Waals surface area contributed by atoms with Crippen LogP contribution in [0.15, 0.2) is 89.8 Å². The van der Waals surface area contributed by atoms with Crippen LogP contribution in [0.1, 0.15) is 15.9 Å². The average Bonchev–Trinajstić information content (AvgIpc) is 3.09. The highest BCUT2D eigenvalue weighted by molar-refractivity contribution is 7.92. The number of nitrogens with zero attached hydrogens (tertiary/aromatic N) is 1. The first-order valence-electron chi connectivity index (χ1n) is 10.7. The Morgan fingerprint density at radius 2 is 1.59 bits per heavy atom. The highest BCUT2D eigenvalue weighted by atomic mass is 32.2. The maximum Gasteiger partial charge on any atom is 0.261 e. The highest BCUT2D eigenvalue weighted by Gasteiger charge is 2.30. The third-order valence-electron chi connectivity index (χ3n) is 5.79. The van der Waals surface area contributed by atoms with Gasteiger partial charge in [0.1, 0.15) is 6.54 Å². The number of aryl methyl sites for hydroxylation is 1. The molecule has 4 aromatic carbocycles. The molecule has 0 unspecified atom stereocenters. The number of rotatable bonds is 6. The monoisotopic (exact) mass is 471 g/mol. The zero-order chi connectivity index (χ0) is 23.9. The lowest BCUT2D eigenvalue weighted by atomic mass is 10.1. The van der Waals surface area contributed by atoms with Crippen molar-refractivity contribution in [2.45, 2.75) is 11.8 Å². The molecular weight excluding hydrogens is 450 g/mol. The number of hydrogen-bond acceptors (Lipinski definition) is 4. The van der Waals surface area contributed by atoms with Gasteiger partial charge in [-0.05, 0) is 60.3 Å². The van der Waals surface area contributed by atoms with E-state index in [1.807, 2.05) is 49.4 Å². The van der Waals surface area contributed by atoms with E-state index in [1.54, 1.807) is 18.2 Å². The summed E-state index contributed by atoms with van der Waals surface area (Å²) < 4.78 is 28.0. The molecule has 5 rings (SSSR count). The van der Waals surface area contributed by atoms with Crippen molar-refractivity contribution in [2.24, 2.45) is 0 Å². The summed E-state index contributed by atoms with van der Waals surface area (Å²) in [5.41, 5.74) is 3.03. The summed E-state index contributed by atoms with van der Waals surface area (Å²) in [4.78, 5) is 27.1. The molecular formula is C26H21N3O4S. The number of nitrogens with one attached hydrogen (secondary N) is 2. The lowest BCUT2D eigenvalue weighted by molar-refractivity contribution is -0.114. The average molecular weight is 472 g/mol. The van der Waals surface area contributed by atoms with Gasteiger partial charge in [0.25, 0.3) is 15.9 Å². The summed E-state index contributed by atoms with van der Waals surface area (Å²) in [5, 5.41) is 4.53. The SMILES string of the molecule is Cc1ccccc1NS(=O)(=O)c1ccc(NC(=O)CN2C(=O)c3cccc4cccc2c34)cc1. The number of anilines is 3. The first-order chi connectivity index (χ1) is 16.3. The van der Waals surface area contributed by atoms with Crippen LogP contribution in [0.25, 0.3) is 10.8 Å². The standard InChI is InChI=1S/C26H21N3O4S/c1-17-6-2-3-10-22(17)28-34(32,33)20-14-12-19(13-15-20)27-24(30)16-29-23-11-5-8-18-7-4-9-21(25(18)23)26(29)31/h2-15,28H,16H2,1H3,(H,27,30).